The summed E-state index contributed by atoms with van der Waals surface area (Å²) in [6.45, 7) is 0.520. The van der Waals surface area contributed by atoms with E-state index in [2.05, 4.69) is 5.32 Å². The van der Waals surface area contributed by atoms with Crippen molar-refractivity contribution in [3.63, 3.8) is 0 Å². The third kappa shape index (κ3) is 7.49. The molecule has 1 fully saturated rings. The molecule has 5 nitrogen and oxygen atoms in total. The SMILES string of the molecule is O=C(N[C@@H](Oc1ccc(/C=C2\SC(=S)N(CCc3ccccc3)C2=O)cc1)C(Cl)(Cl)Cl)c1ccccc1. The average Bonchev–Trinajstić information content (AvgIpc) is 3.15. The second kappa shape index (κ2) is 12.3. The quantitative estimate of drug-likeness (QED) is 0.138. The number of nitrogens with one attached hydrogen (secondary N) is 1. The Balaban J connectivity index is 1.40. The van der Waals surface area contributed by atoms with Crippen molar-refractivity contribution < 1.29 is 14.3 Å². The van der Waals surface area contributed by atoms with Crippen LogP contribution in [-0.4, -0.2) is 37.6 Å². The molecule has 1 heterocycles. The van der Waals surface area contributed by atoms with E-state index in [1.54, 1.807) is 65.6 Å². The zero-order chi connectivity index (χ0) is 26.4. The first-order valence-electron chi connectivity index (χ1n) is 11.2. The monoisotopic (exact) mass is 590 g/mol. The lowest BCUT2D eigenvalue weighted by molar-refractivity contribution is -0.122. The van der Waals surface area contributed by atoms with Crippen LogP contribution in [0.2, 0.25) is 0 Å². The molecule has 2 amide bonds. The van der Waals surface area contributed by atoms with Crippen LogP contribution in [0.15, 0.2) is 89.8 Å². The van der Waals surface area contributed by atoms with E-state index in [1.807, 2.05) is 30.3 Å². The molecule has 4 rings (SSSR count). The maximum atomic E-state index is 12.9. The van der Waals surface area contributed by atoms with Crippen molar-refractivity contribution in [1.29, 1.82) is 0 Å². The number of thioether (sulfide) groups is 1. The van der Waals surface area contributed by atoms with E-state index in [4.69, 9.17) is 51.8 Å². The highest BCUT2D eigenvalue weighted by molar-refractivity contribution is 8.26. The summed E-state index contributed by atoms with van der Waals surface area (Å²) >= 11 is 24.9. The summed E-state index contributed by atoms with van der Waals surface area (Å²) in [5.74, 6) is -0.189. The van der Waals surface area contributed by atoms with Gasteiger partial charge in [0.25, 0.3) is 11.8 Å². The first kappa shape index (κ1) is 27.5. The van der Waals surface area contributed by atoms with Crippen molar-refractivity contribution in [3.05, 3.63) is 107 Å². The van der Waals surface area contributed by atoms with Gasteiger partial charge in [0.05, 0.1) is 4.91 Å². The van der Waals surface area contributed by atoms with Crippen molar-refractivity contribution in [1.82, 2.24) is 10.2 Å². The smallest absolute Gasteiger partial charge is 0.266 e. The molecule has 3 aromatic carbocycles. The summed E-state index contributed by atoms with van der Waals surface area (Å²) in [4.78, 5) is 27.6. The Morgan fingerprint density at radius 1 is 1.00 bits per heavy atom. The topological polar surface area (TPSA) is 58.6 Å². The molecule has 10 heteroatoms. The molecule has 1 aliphatic heterocycles. The standard InChI is InChI=1S/C27H21Cl3N2O3S2/c28-27(29,30)25(31-23(33)20-9-5-2-6-10-20)35-21-13-11-19(12-14-21)17-22-24(34)32(26(36)37-22)16-15-18-7-3-1-4-8-18/h1-14,17,25H,15-16H2,(H,31,33)/b22-17-/t25-/m0/s1. The van der Waals surface area contributed by atoms with E-state index < -0.39 is 15.9 Å². The molecule has 1 N–H and O–H groups in total. The van der Waals surface area contributed by atoms with Crippen molar-refractivity contribution in [2.24, 2.45) is 0 Å². The van der Waals surface area contributed by atoms with Crippen LogP contribution >= 0.6 is 58.8 Å². The molecule has 1 atom stereocenters. The van der Waals surface area contributed by atoms with E-state index in [-0.39, 0.29) is 5.91 Å². The van der Waals surface area contributed by atoms with Crippen molar-refractivity contribution in [3.8, 4) is 5.75 Å². The molecule has 3 aromatic rings. The number of halogens is 3. The number of benzene rings is 3. The molecule has 0 aromatic heterocycles. The molecule has 0 unspecified atom stereocenters. The molecule has 0 aliphatic carbocycles. The van der Waals surface area contributed by atoms with Gasteiger partial charge in [-0.25, -0.2) is 0 Å². The fraction of sp³-hybridized carbons (Fsp3) is 0.148. The van der Waals surface area contributed by atoms with Gasteiger partial charge in [0.1, 0.15) is 10.1 Å². The summed E-state index contributed by atoms with van der Waals surface area (Å²) in [5.41, 5.74) is 2.32. The lowest BCUT2D eigenvalue weighted by Crippen LogP contribution is -2.47. The third-order valence-corrected chi connectivity index (χ3v) is 7.34. The number of ether oxygens (including phenoxy) is 1. The lowest BCUT2D eigenvalue weighted by atomic mass is 10.1. The van der Waals surface area contributed by atoms with Crippen LogP contribution in [0.3, 0.4) is 0 Å². The zero-order valence-corrected chi connectivity index (χ0v) is 23.2. The molecule has 0 saturated carbocycles. The number of carbonyl (C=O) groups is 2. The van der Waals surface area contributed by atoms with Crippen LogP contribution in [0.5, 0.6) is 5.75 Å². The number of carbonyl (C=O) groups excluding carboxylic acids is 2. The Hall–Kier alpha value is -2.55. The van der Waals surface area contributed by atoms with Crippen LogP contribution < -0.4 is 10.1 Å². The van der Waals surface area contributed by atoms with E-state index >= 15 is 0 Å². The van der Waals surface area contributed by atoms with Gasteiger partial charge in [-0.1, -0.05) is 119 Å². The first-order valence-corrected chi connectivity index (χ1v) is 13.6. The summed E-state index contributed by atoms with van der Waals surface area (Å²) in [7, 11) is 0. The number of rotatable bonds is 8. The highest BCUT2D eigenvalue weighted by atomic mass is 35.6. The minimum Gasteiger partial charge on any atom is -0.466 e. The summed E-state index contributed by atoms with van der Waals surface area (Å²) in [5, 5.41) is 2.60. The third-order valence-electron chi connectivity index (χ3n) is 5.37. The summed E-state index contributed by atoms with van der Waals surface area (Å²) in [6, 6.07) is 25.4. The van der Waals surface area contributed by atoms with E-state index in [1.165, 1.54) is 11.8 Å². The number of hydrogen-bond donors (Lipinski definition) is 1. The van der Waals surface area contributed by atoms with Crippen molar-refractivity contribution >= 4 is 81.0 Å². The molecular formula is C27H21Cl3N2O3S2. The van der Waals surface area contributed by atoms with Crippen LogP contribution in [0.1, 0.15) is 21.5 Å². The van der Waals surface area contributed by atoms with E-state index in [0.717, 1.165) is 17.5 Å². The highest BCUT2D eigenvalue weighted by Crippen LogP contribution is 2.34. The fourth-order valence-corrected chi connectivity index (χ4v) is 5.08. The lowest BCUT2D eigenvalue weighted by Gasteiger charge is -2.26. The predicted molar refractivity (Wildman–Crippen MR) is 155 cm³/mol. The van der Waals surface area contributed by atoms with Gasteiger partial charge in [-0.15, -0.1) is 0 Å². The molecule has 1 saturated heterocycles. The number of hydrogen-bond acceptors (Lipinski definition) is 5. The first-order chi connectivity index (χ1) is 17.7. The Morgan fingerprint density at radius 3 is 2.24 bits per heavy atom. The number of nitrogens with zero attached hydrogens (tertiary/aromatic N) is 1. The number of alkyl halides is 3. The van der Waals surface area contributed by atoms with Crippen LogP contribution in [-0.2, 0) is 11.2 Å². The minimum absolute atomic E-state index is 0.119. The van der Waals surface area contributed by atoms with Gasteiger partial charge in [-0.2, -0.15) is 0 Å². The second-order valence-corrected chi connectivity index (χ2v) is 12.1. The molecule has 0 spiro atoms. The molecule has 0 bridgehead atoms. The van der Waals surface area contributed by atoms with Crippen LogP contribution in [0, 0.1) is 0 Å². The predicted octanol–water partition coefficient (Wildman–Crippen LogP) is 6.64. The minimum atomic E-state index is -1.92. The largest absolute Gasteiger partial charge is 0.466 e. The zero-order valence-electron chi connectivity index (χ0n) is 19.3. The summed E-state index contributed by atoms with van der Waals surface area (Å²) in [6.07, 6.45) is 1.25. The van der Waals surface area contributed by atoms with Gasteiger partial charge in [-0.05, 0) is 47.9 Å². The van der Waals surface area contributed by atoms with Gasteiger partial charge in [0, 0.05) is 12.1 Å². The van der Waals surface area contributed by atoms with Crippen LogP contribution in [0.25, 0.3) is 6.08 Å². The van der Waals surface area contributed by atoms with Crippen LogP contribution in [0.4, 0.5) is 0 Å². The van der Waals surface area contributed by atoms with Crippen molar-refractivity contribution in [2.75, 3.05) is 6.54 Å². The fourth-order valence-electron chi connectivity index (χ4n) is 3.48. The number of amides is 2. The van der Waals surface area contributed by atoms with Gasteiger partial charge in [0.2, 0.25) is 10.0 Å². The Morgan fingerprint density at radius 2 is 1.62 bits per heavy atom. The highest BCUT2D eigenvalue weighted by Gasteiger charge is 2.36. The maximum absolute atomic E-state index is 12.9. The molecule has 1 aliphatic rings. The Labute approximate surface area is 239 Å². The van der Waals surface area contributed by atoms with Gasteiger partial charge in [0.15, 0.2) is 0 Å². The van der Waals surface area contributed by atoms with E-state index in [9.17, 15) is 9.59 Å². The van der Waals surface area contributed by atoms with Gasteiger partial charge in [-0.3, -0.25) is 14.5 Å². The molecule has 190 valence electrons. The average molecular weight is 592 g/mol. The molecule has 37 heavy (non-hydrogen) atoms. The number of thiocarbonyl (C=S) groups is 1. The maximum Gasteiger partial charge on any atom is 0.266 e. The van der Waals surface area contributed by atoms with Gasteiger partial charge < -0.3 is 10.1 Å². The Bertz CT molecular complexity index is 1300. The van der Waals surface area contributed by atoms with Crippen molar-refractivity contribution in [2.45, 2.75) is 16.4 Å². The Kier molecular flexibility index (Phi) is 9.16. The second-order valence-electron chi connectivity index (χ2n) is 8.02. The molecule has 0 radical (unpaired) electrons. The summed E-state index contributed by atoms with van der Waals surface area (Å²) < 4.78 is 4.39. The van der Waals surface area contributed by atoms with Gasteiger partial charge >= 0.3 is 0 Å². The van der Waals surface area contributed by atoms with E-state index in [0.29, 0.717) is 27.1 Å². The molecular weight excluding hydrogens is 571 g/mol. The normalized spacial score (nSPS) is 15.6.